The fourth-order valence-electron chi connectivity index (χ4n) is 2.84. The highest BCUT2D eigenvalue weighted by atomic mass is 35.5. The van der Waals surface area contributed by atoms with E-state index in [0.29, 0.717) is 0 Å². The van der Waals surface area contributed by atoms with E-state index in [0.717, 1.165) is 30.7 Å². The Morgan fingerprint density at radius 1 is 1.39 bits per heavy atom. The molecule has 2 unspecified atom stereocenters. The molecule has 1 aromatic rings. The molecule has 0 heterocycles. The minimum atomic E-state index is -0.347. The van der Waals surface area contributed by atoms with Gasteiger partial charge in [-0.25, -0.2) is 4.39 Å². The molecule has 0 aliphatic heterocycles. The van der Waals surface area contributed by atoms with Crippen molar-refractivity contribution in [2.75, 3.05) is 0 Å². The molecule has 1 aliphatic carbocycles. The number of halogens is 2. The maximum atomic E-state index is 13.4. The summed E-state index contributed by atoms with van der Waals surface area (Å²) in [4.78, 5) is 0. The van der Waals surface area contributed by atoms with Crippen LogP contribution in [0.25, 0.3) is 0 Å². The van der Waals surface area contributed by atoms with Crippen LogP contribution in [-0.2, 0) is 6.42 Å². The Kier molecular flexibility index (Phi) is 4.29. The Balaban J connectivity index is 2.09. The lowest BCUT2D eigenvalue weighted by Gasteiger charge is -2.28. The highest BCUT2D eigenvalue weighted by molar-refractivity contribution is 6.30. The second kappa shape index (κ2) is 5.58. The van der Waals surface area contributed by atoms with E-state index in [4.69, 9.17) is 17.3 Å². The predicted molar refractivity (Wildman–Crippen MR) is 74.3 cm³/mol. The van der Waals surface area contributed by atoms with E-state index in [-0.39, 0.29) is 16.4 Å². The highest BCUT2D eigenvalue weighted by Gasteiger charge is 2.28. The molecule has 1 aliphatic rings. The smallest absolute Gasteiger partial charge is 0.142 e. The van der Waals surface area contributed by atoms with E-state index >= 15 is 0 Å². The van der Waals surface area contributed by atoms with E-state index < -0.39 is 0 Å². The monoisotopic (exact) mass is 269 g/mol. The Labute approximate surface area is 114 Å². The van der Waals surface area contributed by atoms with E-state index in [2.05, 4.69) is 6.92 Å². The van der Waals surface area contributed by atoms with Crippen molar-refractivity contribution in [3.05, 3.63) is 34.6 Å². The third-order valence-electron chi connectivity index (χ3n) is 4.05. The van der Waals surface area contributed by atoms with Crippen molar-refractivity contribution in [1.82, 2.24) is 0 Å². The molecule has 3 heteroatoms. The largest absolute Gasteiger partial charge is 0.325 e. The average Bonchev–Trinajstić information content (AvgIpc) is 2.47. The molecular weight excluding hydrogens is 249 g/mol. The van der Waals surface area contributed by atoms with Gasteiger partial charge >= 0.3 is 0 Å². The molecule has 2 atom stereocenters. The van der Waals surface area contributed by atoms with E-state index in [1.807, 2.05) is 6.07 Å². The summed E-state index contributed by atoms with van der Waals surface area (Å²) in [6.45, 7) is 2.29. The van der Waals surface area contributed by atoms with Gasteiger partial charge in [0.15, 0.2) is 0 Å². The average molecular weight is 270 g/mol. The minimum absolute atomic E-state index is 0.176. The van der Waals surface area contributed by atoms with E-state index in [1.165, 1.54) is 25.3 Å². The van der Waals surface area contributed by atoms with Crippen molar-refractivity contribution in [3.8, 4) is 0 Å². The Morgan fingerprint density at radius 3 is 2.89 bits per heavy atom. The molecule has 100 valence electrons. The second-order valence-electron chi connectivity index (χ2n) is 5.82. The molecule has 2 N–H and O–H groups in total. The van der Waals surface area contributed by atoms with Crippen LogP contribution in [0.1, 0.15) is 44.6 Å². The molecule has 0 saturated heterocycles. The summed E-state index contributed by atoms with van der Waals surface area (Å²) in [6, 6.07) is 5.02. The van der Waals surface area contributed by atoms with Crippen LogP contribution in [0.5, 0.6) is 0 Å². The van der Waals surface area contributed by atoms with Crippen LogP contribution in [0, 0.1) is 11.7 Å². The Hall–Kier alpha value is -0.600. The minimum Gasteiger partial charge on any atom is -0.325 e. The van der Waals surface area contributed by atoms with Gasteiger partial charge in [0.2, 0.25) is 0 Å². The van der Waals surface area contributed by atoms with Crippen molar-refractivity contribution in [1.29, 1.82) is 0 Å². The van der Waals surface area contributed by atoms with Crippen molar-refractivity contribution in [3.63, 3.8) is 0 Å². The van der Waals surface area contributed by atoms with Gasteiger partial charge in [-0.1, -0.05) is 37.4 Å². The summed E-state index contributed by atoms with van der Waals surface area (Å²) in [5.41, 5.74) is 7.26. The van der Waals surface area contributed by atoms with Crippen LogP contribution in [-0.4, -0.2) is 5.54 Å². The van der Waals surface area contributed by atoms with Gasteiger partial charge in [-0.15, -0.1) is 0 Å². The first-order valence-corrected chi connectivity index (χ1v) is 7.09. The van der Waals surface area contributed by atoms with Crippen LogP contribution in [0.3, 0.4) is 0 Å². The fraction of sp³-hybridized carbons (Fsp3) is 0.600. The van der Waals surface area contributed by atoms with Gasteiger partial charge < -0.3 is 5.73 Å². The van der Waals surface area contributed by atoms with E-state index in [1.54, 1.807) is 6.07 Å². The van der Waals surface area contributed by atoms with Gasteiger partial charge in [0.05, 0.1) is 5.02 Å². The number of hydrogen-bond acceptors (Lipinski definition) is 1. The highest BCUT2D eigenvalue weighted by Crippen LogP contribution is 2.31. The van der Waals surface area contributed by atoms with Crippen molar-refractivity contribution in [2.45, 2.75) is 51.0 Å². The third kappa shape index (κ3) is 3.46. The summed E-state index contributed by atoms with van der Waals surface area (Å²) in [5.74, 6) is 0.414. The van der Waals surface area contributed by atoms with Crippen molar-refractivity contribution in [2.24, 2.45) is 11.7 Å². The SMILES string of the molecule is CC1CCCC(N)(Cc2ccc(Cl)c(F)c2)CC1. The van der Waals surface area contributed by atoms with Gasteiger partial charge in [0, 0.05) is 5.54 Å². The first-order chi connectivity index (χ1) is 8.48. The lowest BCUT2D eigenvalue weighted by molar-refractivity contribution is 0.363. The zero-order chi connectivity index (χ0) is 13.2. The van der Waals surface area contributed by atoms with Crippen LogP contribution >= 0.6 is 11.6 Å². The zero-order valence-corrected chi connectivity index (χ0v) is 11.6. The number of benzene rings is 1. The van der Waals surface area contributed by atoms with E-state index in [9.17, 15) is 4.39 Å². The van der Waals surface area contributed by atoms with Crippen LogP contribution in [0.2, 0.25) is 5.02 Å². The van der Waals surface area contributed by atoms with Crippen molar-refractivity contribution >= 4 is 11.6 Å². The Morgan fingerprint density at radius 2 is 2.17 bits per heavy atom. The maximum Gasteiger partial charge on any atom is 0.142 e. The molecule has 18 heavy (non-hydrogen) atoms. The molecule has 1 aromatic carbocycles. The summed E-state index contributed by atoms with van der Waals surface area (Å²) in [7, 11) is 0. The zero-order valence-electron chi connectivity index (χ0n) is 10.9. The summed E-state index contributed by atoms with van der Waals surface area (Å²) < 4.78 is 13.4. The third-order valence-corrected chi connectivity index (χ3v) is 4.35. The number of hydrogen-bond donors (Lipinski definition) is 1. The summed E-state index contributed by atoms with van der Waals surface area (Å²) in [5, 5.41) is 0.180. The molecule has 0 aromatic heterocycles. The van der Waals surface area contributed by atoms with Crippen LogP contribution in [0.15, 0.2) is 18.2 Å². The second-order valence-corrected chi connectivity index (χ2v) is 6.23. The Bertz CT molecular complexity index is 421. The molecule has 1 saturated carbocycles. The number of nitrogens with two attached hydrogens (primary N) is 1. The molecule has 1 nitrogen and oxygen atoms in total. The van der Waals surface area contributed by atoms with Crippen LogP contribution < -0.4 is 5.73 Å². The first-order valence-electron chi connectivity index (χ1n) is 6.71. The molecule has 0 amide bonds. The molecular formula is C15H21ClFN. The van der Waals surface area contributed by atoms with Gasteiger partial charge in [0.25, 0.3) is 0 Å². The van der Waals surface area contributed by atoms with Gasteiger partial charge in [-0.2, -0.15) is 0 Å². The molecule has 0 bridgehead atoms. The normalized spacial score (nSPS) is 29.0. The topological polar surface area (TPSA) is 26.0 Å². The standard InChI is InChI=1S/C15H21ClFN/c1-11-3-2-7-15(18,8-6-11)10-12-4-5-13(16)14(17)9-12/h4-5,9,11H,2-3,6-8,10,18H2,1H3. The van der Waals surface area contributed by atoms with Gasteiger partial charge in [-0.3, -0.25) is 0 Å². The lowest BCUT2D eigenvalue weighted by Crippen LogP contribution is -2.41. The summed E-state index contributed by atoms with van der Waals surface area (Å²) >= 11 is 5.70. The maximum absolute atomic E-state index is 13.4. The quantitative estimate of drug-likeness (QED) is 0.795. The lowest BCUT2D eigenvalue weighted by atomic mass is 9.84. The van der Waals surface area contributed by atoms with Crippen LogP contribution in [0.4, 0.5) is 4.39 Å². The predicted octanol–water partition coefficient (Wildman–Crippen LogP) is 4.32. The molecule has 2 rings (SSSR count). The number of rotatable bonds is 2. The van der Waals surface area contributed by atoms with Gasteiger partial charge in [-0.05, 0) is 49.3 Å². The van der Waals surface area contributed by atoms with Crippen molar-refractivity contribution < 1.29 is 4.39 Å². The summed E-state index contributed by atoms with van der Waals surface area (Å²) in [6.07, 6.45) is 6.40. The molecule has 1 fully saturated rings. The first kappa shape index (κ1) is 13.8. The molecule has 0 radical (unpaired) electrons. The molecule has 0 spiro atoms. The fourth-order valence-corrected chi connectivity index (χ4v) is 2.96. The van der Waals surface area contributed by atoms with Gasteiger partial charge in [0.1, 0.15) is 5.82 Å².